The van der Waals surface area contributed by atoms with Crippen molar-refractivity contribution < 1.29 is 9.53 Å². The first kappa shape index (κ1) is 22.1. The van der Waals surface area contributed by atoms with E-state index < -0.39 is 0 Å². The molecule has 5 aromatic rings. The lowest BCUT2D eigenvalue weighted by Crippen LogP contribution is -2.23. The largest absolute Gasteiger partial charge is 0.497 e. The predicted molar refractivity (Wildman–Crippen MR) is 137 cm³/mol. The first-order valence-electron chi connectivity index (χ1n) is 10.4. The number of carbonyl (C=O) groups excluding carboxylic acids is 1. The number of benzene rings is 3. The number of methoxy groups -OCH3 is 1. The number of halogens is 1. The minimum atomic E-state index is -0.251. The maximum atomic E-state index is 13.5. The number of aromatic nitrogens is 3. The minimum Gasteiger partial charge on any atom is -0.497 e. The fourth-order valence-corrected chi connectivity index (χ4v) is 4.62. The van der Waals surface area contributed by atoms with E-state index >= 15 is 0 Å². The lowest BCUT2D eigenvalue weighted by molar-refractivity contribution is -0.113. The van der Waals surface area contributed by atoms with Crippen LogP contribution in [0.3, 0.4) is 0 Å². The summed E-state index contributed by atoms with van der Waals surface area (Å²) in [5.41, 5.74) is 2.78. The second-order valence-electron chi connectivity index (χ2n) is 7.47. The molecule has 0 bridgehead atoms. The monoisotopic (exact) mass is 490 g/mol. The molecule has 5 rings (SSSR count). The molecule has 1 amide bonds. The van der Waals surface area contributed by atoms with E-state index in [-0.39, 0.29) is 17.2 Å². The van der Waals surface area contributed by atoms with Crippen LogP contribution in [0.4, 0.5) is 5.69 Å². The van der Waals surface area contributed by atoms with Gasteiger partial charge in [0.2, 0.25) is 5.91 Å². The van der Waals surface area contributed by atoms with Crippen molar-refractivity contribution in [3.05, 3.63) is 88.2 Å². The number of thioether (sulfide) groups is 1. The predicted octanol–water partition coefficient (Wildman–Crippen LogP) is 5.26. The molecule has 0 aliphatic heterocycles. The molecule has 0 aliphatic rings. The number of carbonyl (C=O) groups is 1. The number of nitrogens with one attached hydrogen (secondary N) is 2. The third kappa shape index (κ3) is 4.25. The molecule has 170 valence electrons. The van der Waals surface area contributed by atoms with Crippen LogP contribution >= 0.6 is 23.4 Å². The van der Waals surface area contributed by atoms with Gasteiger partial charge in [-0.25, -0.2) is 4.98 Å². The molecular formula is C25H19ClN4O3S. The van der Waals surface area contributed by atoms with Crippen molar-refractivity contribution in [3.63, 3.8) is 0 Å². The van der Waals surface area contributed by atoms with Crippen molar-refractivity contribution in [1.29, 1.82) is 0 Å². The Labute approximate surface area is 203 Å². The average molecular weight is 491 g/mol. The molecule has 7 nitrogen and oxygen atoms in total. The zero-order chi connectivity index (χ0) is 23.7. The molecule has 0 aliphatic carbocycles. The molecule has 0 fully saturated rings. The van der Waals surface area contributed by atoms with Crippen molar-refractivity contribution in [2.24, 2.45) is 0 Å². The Morgan fingerprint density at radius 3 is 2.71 bits per heavy atom. The van der Waals surface area contributed by atoms with Gasteiger partial charge in [-0.05, 0) is 42.5 Å². The van der Waals surface area contributed by atoms with Crippen molar-refractivity contribution >= 4 is 56.9 Å². The number of fused-ring (bicyclic) bond motifs is 3. The molecule has 0 spiro atoms. The zero-order valence-corrected chi connectivity index (χ0v) is 19.6. The van der Waals surface area contributed by atoms with Gasteiger partial charge in [-0.3, -0.25) is 14.2 Å². The molecule has 0 saturated carbocycles. The maximum absolute atomic E-state index is 13.5. The van der Waals surface area contributed by atoms with Crippen LogP contribution in [-0.2, 0) is 4.79 Å². The fraction of sp³-hybridized carbons (Fsp3) is 0.0800. The number of anilines is 1. The van der Waals surface area contributed by atoms with E-state index in [9.17, 15) is 9.59 Å². The molecule has 3 aromatic carbocycles. The Bertz CT molecular complexity index is 1580. The number of aromatic amines is 1. The van der Waals surface area contributed by atoms with E-state index in [1.807, 2.05) is 24.3 Å². The summed E-state index contributed by atoms with van der Waals surface area (Å²) in [5, 5.41) is 4.67. The lowest BCUT2D eigenvalue weighted by Gasteiger charge is -2.12. The van der Waals surface area contributed by atoms with Crippen LogP contribution < -0.4 is 15.6 Å². The number of hydrogen-bond donors (Lipinski definition) is 2. The number of nitrogens with zero attached hydrogens (tertiary/aromatic N) is 2. The van der Waals surface area contributed by atoms with Gasteiger partial charge >= 0.3 is 0 Å². The second-order valence-corrected chi connectivity index (χ2v) is 8.85. The third-order valence-corrected chi connectivity index (χ3v) is 6.46. The zero-order valence-electron chi connectivity index (χ0n) is 18.0. The highest BCUT2D eigenvalue weighted by atomic mass is 35.5. The molecule has 9 heteroatoms. The molecule has 0 saturated heterocycles. The van der Waals surface area contributed by atoms with Gasteiger partial charge in [-0.1, -0.05) is 47.6 Å². The fourth-order valence-electron chi connectivity index (χ4n) is 3.69. The molecule has 2 aromatic heterocycles. The van der Waals surface area contributed by atoms with E-state index in [1.54, 1.807) is 55.6 Å². The number of ether oxygens (including phenoxy) is 1. The van der Waals surface area contributed by atoms with Gasteiger partial charge in [0.05, 0.1) is 18.6 Å². The van der Waals surface area contributed by atoms with Crippen molar-refractivity contribution in [1.82, 2.24) is 14.5 Å². The summed E-state index contributed by atoms with van der Waals surface area (Å²) in [4.78, 5) is 34.2. The van der Waals surface area contributed by atoms with Crippen LogP contribution in [0.5, 0.6) is 5.75 Å². The maximum Gasteiger partial charge on any atom is 0.283 e. The topological polar surface area (TPSA) is 89.0 Å². The minimum absolute atomic E-state index is 0.0606. The number of hydrogen-bond acceptors (Lipinski definition) is 5. The molecule has 0 atom stereocenters. The molecular weight excluding hydrogens is 472 g/mol. The molecule has 0 unspecified atom stereocenters. The van der Waals surface area contributed by atoms with E-state index in [0.29, 0.717) is 38.3 Å². The van der Waals surface area contributed by atoms with Gasteiger partial charge < -0.3 is 15.0 Å². The summed E-state index contributed by atoms with van der Waals surface area (Å²) >= 11 is 7.24. The molecule has 0 radical (unpaired) electrons. The quantitative estimate of drug-likeness (QED) is 0.250. The molecule has 2 heterocycles. The van der Waals surface area contributed by atoms with E-state index in [2.05, 4.69) is 10.3 Å². The highest BCUT2D eigenvalue weighted by molar-refractivity contribution is 7.99. The van der Waals surface area contributed by atoms with E-state index in [0.717, 1.165) is 10.9 Å². The Hall–Kier alpha value is -3.75. The van der Waals surface area contributed by atoms with Gasteiger partial charge in [0.25, 0.3) is 5.56 Å². The second kappa shape index (κ2) is 9.24. The van der Waals surface area contributed by atoms with Crippen LogP contribution in [0.25, 0.3) is 27.6 Å². The smallest absolute Gasteiger partial charge is 0.283 e. The summed E-state index contributed by atoms with van der Waals surface area (Å²) < 4.78 is 6.70. The summed E-state index contributed by atoms with van der Waals surface area (Å²) in [7, 11) is 1.57. The van der Waals surface area contributed by atoms with Crippen molar-refractivity contribution in [2.75, 3.05) is 18.2 Å². The van der Waals surface area contributed by atoms with Gasteiger partial charge in [0.1, 0.15) is 16.8 Å². The summed E-state index contributed by atoms with van der Waals surface area (Å²) in [6.45, 7) is 0. The summed E-state index contributed by atoms with van der Waals surface area (Å²) in [6.07, 6.45) is 0. The normalized spacial score (nSPS) is 11.1. The first-order chi connectivity index (χ1) is 16.5. The van der Waals surface area contributed by atoms with Gasteiger partial charge in [-0.2, -0.15) is 0 Å². The van der Waals surface area contributed by atoms with E-state index in [1.165, 1.54) is 16.3 Å². The van der Waals surface area contributed by atoms with Crippen LogP contribution in [-0.4, -0.2) is 33.3 Å². The Balaban J connectivity index is 1.53. The number of amides is 1. The third-order valence-electron chi connectivity index (χ3n) is 5.27. The highest BCUT2D eigenvalue weighted by Gasteiger charge is 2.18. The van der Waals surface area contributed by atoms with Gasteiger partial charge in [-0.15, -0.1) is 0 Å². The number of para-hydroxylation sites is 1. The highest BCUT2D eigenvalue weighted by Crippen LogP contribution is 2.27. The van der Waals surface area contributed by atoms with Crippen molar-refractivity contribution in [3.8, 4) is 11.4 Å². The standard InChI is InChI=1S/C25H19ClN4O3S/c1-33-18-6-4-5-16(13-18)27-21(31)14-34-25-29-22-19-7-2-3-8-20(19)28-23(22)24(32)30(25)17-11-9-15(26)10-12-17/h2-13,28H,14H2,1H3,(H,27,31). The summed E-state index contributed by atoms with van der Waals surface area (Å²) in [6, 6.07) is 21.7. The van der Waals surface area contributed by atoms with Gasteiger partial charge in [0.15, 0.2) is 5.16 Å². The Kier molecular flexibility index (Phi) is 6.00. The average Bonchev–Trinajstić information content (AvgIpc) is 3.23. The lowest BCUT2D eigenvalue weighted by atomic mass is 10.2. The Morgan fingerprint density at radius 1 is 1.12 bits per heavy atom. The van der Waals surface area contributed by atoms with Crippen LogP contribution in [0.15, 0.2) is 82.7 Å². The summed E-state index contributed by atoms with van der Waals surface area (Å²) in [5.74, 6) is 0.480. The van der Waals surface area contributed by atoms with E-state index in [4.69, 9.17) is 21.3 Å². The number of H-pyrrole nitrogens is 1. The first-order valence-corrected chi connectivity index (χ1v) is 11.8. The molecule has 2 N–H and O–H groups in total. The van der Waals surface area contributed by atoms with Crippen LogP contribution in [0.2, 0.25) is 5.02 Å². The van der Waals surface area contributed by atoms with Crippen LogP contribution in [0.1, 0.15) is 0 Å². The Morgan fingerprint density at radius 2 is 1.91 bits per heavy atom. The SMILES string of the molecule is COc1cccc(NC(=O)CSc2nc3c([nH]c4ccccc43)c(=O)n2-c2ccc(Cl)cc2)c1. The molecule has 34 heavy (non-hydrogen) atoms. The van der Waals surface area contributed by atoms with Crippen molar-refractivity contribution in [2.45, 2.75) is 5.16 Å². The van der Waals surface area contributed by atoms with Crippen LogP contribution in [0, 0.1) is 0 Å². The van der Waals surface area contributed by atoms with Gasteiger partial charge in [0, 0.05) is 27.7 Å². The number of rotatable bonds is 6.